The van der Waals surface area contributed by atoms with Crippen molar-refractivity contribution < 1.29 is 18.0 Å². The summed E-state index contributed by atoms with van der Waals surface area (Å²) in [5.74, 6) is -1.00. The van der Waals surface area contributed by atoms with Crippen LogP contribution in [0, 0.1) is 16.7 Å². The average Bonchev–Trinajstić information content (AvgIpc) is 3.64. The lowest BCUT2D eigenvalue weighted by Gasteiger charge is -2.53. The van der Waals surface area contributed by atoms with Crippen molar-refractivity contribution in [1.82, 2.24) is 40.2 Å². The first-order chi connectivity index (χ1) is 21.4. The number of aliphatic imine (C=N–C) groups is 2. The van der Waals surface area contributed by atoms with Gasteiger partial charge in [0, 0.05) is 56.6 Å². The molecule has 4 aliphatic rings. The highest BCUT2D eigenvalue weighted by atomic mass is 19.4. The Morgan fingerprint density at radius 2 is 2.00 bits per heavy atom. The predicted molar refractivity (Wildman–Crippen MR) is 159 cm³/mol. The molecule has 12 nitrogen and oxygen atoms in total. The largest absolute Gasteiger partial charge is 0.451 e. The van der Waals surface area contributed by atoms with E-state index in [4.69, 9.17) is 0 Å². The van der Waals surface area contributed by atoms with E-state index in [9.17, 15) is 23.2 Å². The molecule has 2 atom stereocenters. The smallest absolute Gasteiger partial charge is 0.350 e. The van der Waals surface area contributed by atoms with Gasteiger partial charge in [-0.3, -0.25) is 19.4 Å². The summed E-state index contributed by atoms with van der Waals surface area (Å²) in [6, 6.07) is 3.70. The maximum absolute atomic E-state index is 13.5. The molecule has 6 heterocycles. The number of halogens is 3. The van der Waals surface area contributed by atoms with Gasteiger partial charge in [0.1, 0.15) is 23.4 Å². The lowest BCUT2D eigenvalue weighted by Crippen LogP contribution is -2.66. The van der Waals surface area contributed by atoms with Gasteiger partial charge in [0.05, 0.1) is 35.8 Å². The number of piperidine rings is 1. The van der Waals surface area contributed by atoms with Crippen LogP contribution in [0.2, 0.25) is 0 Å². The van der Waals surface area contributed by atoms with Crippen LogP contribution < -0.4 is 10.6 Å². The topological polar surface area (TPSA) is 140 Å². The van der Waals surface area contributed by atoms with Gasteiger partial charge in [-0.1, -0.05) is 19.9 Å². The van der Waals surface area contributed by atoms with Crippen LogP contribution in [0.4, 0.5) is 13.2 Å². The van der Waals surface area contributed by atoms with Gasteiger partial charge >= 0.3 is 6.18 Å². The van der Waals surface area contributed by atoms with Gasteiger partial charge < -0.3 is 15.5 Å². The van der Waals surface area contributed by atoms with Crippen LogP contribution in [-0.4, -0.2) is 85.9 Å². The Hall–Kier alpha value is -4.16. The van der Waals surface area contributed by atoms with E-state index in [-0.39, 0.29) is 36.1 Å². The zero-order chi connectivity index (χ0) is 32.0. The number of carbonyl (C=O) groups excluding carboxylic acids is 1. The SMILES string of the molecule is CC(C)NCc1cc(C(=O)N2CCC(N3CC(CC#N)(n4cc(C5N=CN=C6NC=CC65C)cn4)C3)CC2)nc(C(F)(F)F)n1. The maximum Gasteiger partial charge on any atom is 0.451 e. The summed E-state index contributed by atoms with van der Waals surface area (Å²) in [5.41, 5.74) is -0.0565. The monoisotopic (exact) mass is 623 g/mol. The minimum Gasteiger partial charge on any atom is -0.350 e. The number of alkyl halides is 3. The zero-order valence-corrected chi connectivity index (χ0v) is 25.4. The van der Waals surface area contributed by atoms with E-state index < -0.39 is 28.9 Å². The molecule has 1 amide bonds. The number of amidine groups is 1. The zero-order valence-electron chi connectivity index (χ0n) is 25.4. The van der Waals surface area contributed by atoms with Crippen LogP contribution in [0.25, 0.3) is 0 Å². The lowest BCUT2D eigenvalue weighted by atomic mass is 9.79. The third-order valence-corrected chi connectivity index (χ3v) is 9.15. The third kappa shape index (κ3) is 5.84. The molecule has 0 bridgehead atoms. The van der Waals surface area contributed by atoms with Crippen LogP contribution in [0.15, 0.2) is 40.7 Å². The number of nitriles is 1. The summed E-state index contributed by atoms with van der Waals surface area (Å²) in [6.45, 7) is 7.98. The Labute approximate surface area is 259 Å². The molecule has 2 N–H and O–H groups in total. The summed E-state index contributed by atoms with van der Waals surface area (Å²) in [5, 5.41) is 20.6. The van der Waals surface area contributed by atoms with Gasteiger partial charge in [-0.25, -0.2) is 15.0 Å². The molecule has 0 saturated carbocycles. The number of likely N-dealkylation sites (tertiary alicyclic amines) is 2. The van der Waals surface area contributed by atoms with Crippen LogP contribution >= 0.6 is 0 Å². The number of carbonyl (C=O) groups is 1. The third-order valence-electron chi connectivity index (χ3n) is 9.15. The Bertz CT molecular complexity index is 1580. The van der Waals surface area contributed by atoms with Crippen molar-refractivity contribution >= 4 is 18.1 Å². The van der Waals surface area contributed by atoms with Gasteiger partial charge in [0.25, 0.3) is 5.91 Å². The molecule has 15 heteroatoms. The summed E-state index contributed by atoms with van der Waals surface area (Å²) >= 11 is 0. The first-order valence-corrected chi connectivity index (χ1v) is 15.1. The minimum atomic E-state index is -4.76. The predicted octanol–water partition coefficient (Wildman–Crippen LogP) is 3.02. The Balaban J connectivity index is 1.10. The average molecular weight is 624 g/mol. The molecule has 0 aromatic carbocycles. The number of nitrogens with one attached hydrogen (secondary N) is 2. The van der Waals surface area contributed by atoms with Crippen molar-refractivity contribution in [2.45, 2.75) is 76.4 Å². The summed E-state index contributed by atoms with van der Waals surface area (Å²) in [4.78, 5) is 33.4. The standard InChI is InChI=1S/C30H36F3N11O/c1-19(2)36-14-21-12-23(41-27(40-21)30(31,32)33)25(45)42-10-4-22(5-11-42)43-16-29(17-43,6-8-34)44-15-20(13-39-44)24-28(3)7-9-35-26(28)38-18-37-24/h7,9,12-13,15,18-19,22,24,36H,4-6,10-11,14,16-17H2,1-3H3,(H,35,37,38). The van der Waals surface area contributed by atoms with E-state index in [0.29, 0.717) is 45.4 Å². The molecule has 2 aromatic rings. The van der Waals surface area contributed by atoms with E-state index in [2.05, 4.69) is 59.7 Å². The molecule has 0 radical (unpaired) electrons. The Kier molecular flexibility index (Phi) is 7.98. The van der Waals surface area contributed by atoms with E-state index >= 15 is 0 Å². The molecule has 4 aliphatic heterocycles. The molecular formula is C30H36F3N11O. The van der Waals surface area contributed by atoms with Crippen LogP contribution in [0.5, 0.6) is 0 Å². The molecule has 6 rings (SSSR count). The van der Waals surface area contributed by atoms with E-state index in [1.807, 2.05) is 37.1 Å². The molecule has 2 aromatic heterocycles. The lowest BCUT2D eigenvalue weighted by molar-refractivity contribution is -0.145. The highest BCUT2D eigenvalue weighted by molar-refractivity contribution is 5.99. The molecule has 2 fully saturated rings. The van der Waals surface area contributed by atoms with Crippen LogP contribution in [0.3, 0.4) is 0 Å². The number of rotatable bonds is 8. The van der Waals surface area contributed by atoms with Gasteiger partial charge in [0.2, 0.25) is 5.82 Å². The second kappa shape index (κ2) is 11.6. The molecule has 0 aliphatic carbocycles. The molecule has 2 unspecified atom stereocenters. The molecule has 2 saturated heterocycles. The van der Waals surface area contributed by atoms with E-state index in [1.54, 1.807) is 11.2 Å². The fourth-order valence-electron chi connectivity index (χ4n) is 6.59. The van der Waals surface area contributed by atoms with Crippen molar-refractivity contribution in [2.75, 3.05) is 26.2 Å². The number of nitrogens with zero attached hydrogens (tertiary/aromatic N) is 9. The maximum atomic E-state index is 13.5. The quantitative estimate of drug-likeness (QED) is 0.458. The number of fused-ring (bicyclic) bond motifs is 1. The second-order valence-electron chi connectivity index (χ2n) is 12.7. The van der Waals surface area contributed by atoms with Gasteiger partial charge in [-0.15, -0.1) is 0 Å². The summed E-state index contributed by atoms with van der Waals surface area (Å²) in [7, 11) is 0. The van der Waals surface area contributed by atoms with Gasteiger partial charge in [-0.2, -0.15) is 23.5 Å². The minimum absolute atomic E-state index is 0.0378. The van der Waals surface area contributed by atoms with Crippen molar-refractivity contribution in [3.63, 3.8) is 0 Å². The van der Waals surface area contributed by atoms with E-state index in [0.717, 1.165) is 11.4 Å². The molecule has 45 heavy (non-hydrogen) atoms. The van der Waals surface area contributed by atoms with Crippen molar-refractivity contribution in [3.05, 3.63) is 53.5 Å². The van der Waals surface area contributed by atoms with Crippen molar-refractivity contribution in [3.8, 4) is 6.07 Å². The van der Waals surface area contributed by atoms with Crippen molar-refractivity contribution in [1.29, 1.82) is 5.26 Å². The highest BCUT2D eigenvalue weighted by Crippen LogP contribution is 2.44. The van der Waals surface area contributed by atoms with Gasteiger partial charge in [-0.05, 0) is 32.0 Å². The first-order valence-electron chi connectivity index (χ1n) is 15.1. The number of hydrogen-bond acceptors (Lipinski definition) is 10. The number of amides is 1. The Morgan fingerprint density at radius 1 is 1.24 bits per heavy atom. The first kappa shape index (κ1) is 30.8. The Morgan fingerprint density at radius 3 is 2.69 bits per heavy atom. The normalized spacial score (nSPS) is 24.6. The summed E-state index contributed by atoms with van der Waals surface area (Å²) < 4.78 is 42.5. The molecular weight excluding hydrogens is 587 g/mol. The fraction of sp³-hybridized carbons (Fsp3) is 0.567. The fourth-order valence-corrected chi connectivity index (χ4v) is 6.59. The molecule has 0 spiro atoms. The van der Waals surface area contributed by atoms with Gasteiger partial charge in [0.15, 0.2) is 0 Å². The summed E-state index contributed by atoms with van der Waals surface area (Å²) in [6.07, 6.45) is 6.15. The molecule has 238 valence electrons. The number of aromatic nitrogens is 4. The van der Waals surface area contributed by atoms with Crippen molar-refractivity contribution in [2.24, 2.45) is 15.4 Å². The number of hydrogen-bond donors (Lipinski definition) is 2. The van der Waals surface area contributed by atoms with E-state index in [1.165, 1.54) is 6.07 Å². The van der Waals surface area contributed by atoms with Crippen LogP contribution in [0.1, 0.15) is 73.6 Å². The second-order valence-corrected chi connectivity index (χ2v) is 12.7. The van der Waals surface area contributed by atoms with Crippen LogP contribution in [-0.2, 0) is 18.3 Å². The highest BCUT2D eigenvalue weighted by Gasteiger charge is 2.49.